The molecule has 0 radical (unpaired) electrons. The van der Waals surface area contributed by atoms with Crippen LogP contribution in [0.3, 0.4) is 0 Å². The minimum Gasteiger partial charge on any atom is -0.494 e. The Morgan fingerprint density at radius 1 is 1.10 bits per heavy atom. The summed E-state index contributed by atoms with van der Waals surface area (Å²) in [5.74, 6) is 0.687. The first-order valence-electron chi connectivity index (χ1n) is 6.83. The Balaban J connectivity index is 2.14. The summed E-state index contributed by atoms with van der Waals surface area (Å²) in [6.07, 6.45) is 0. The van der Waals surface area contributed by atoms with Gasteiger partial charge in [-0.1, -0.05) is 18.2 Å². The third-order valence-electron chi connectivity index (χ3n) is 3.28. The lowest BCUT2D eigenvalue weighted by atomic mass is 10.0. The van der Waals surface area contributed by atoms with Crippen LogP contribution in [-0.2, 0) is 6.54 Å². The van der Waals surface area contributed by atoms with E-state index in [1.807, 2.05) is 32.9 Å². The summed E-state index contributed by atoms with van der Waals surface area (Å²) in [5.41, 5.74) is 3.92. The third kappa shape index (κ3) is 3.29. The van der Waals surface area contributed by atoms with E-state index in [2.05, 4.69) is 11.4 Å². The highest BCUT2D eigenvalue weighted by Gasteiger charge is 2.06. The maximum absolute atomic E-state index is 13.6. The Morgan fingerprint density at radius 3 is 2.55 bits per heavy atom. The number of anilines is 1. The van der Waals surface area contributed by atoms with E-state index in [-0.39, 0.29) is 5.82 Å². The lowest BCUT2D eigenvalue weighted by molar-refractivity contribution is 0.337. The van der Waals surface area contributed by atoms with Gasteiger partial charge in [0.2, 0.25) is 0 Å². The van der Waals surface area contributed by atoms with Crippen LogP contribution < -0.4 is 10.1 Å². The largest absolute Gasteiger partial charge is 0.494 e. The number of halogens is 1. The number of hydrogen-bond acceptors (Lipinski definition) is 2. The van der Waals surface area contributed by atoms with Gasteiger partial charge in [-0.3, -0.25) is 0 Å². The van der Waals surface area contributed by atoms with Gasteiger partial charge in [0.1, 0.15) is 11.6 Å². The Labute approximate surface area is 119 Å². The zero-order chi connectivity index (χ0) is 14.5. The summed E-state index contributed by atoms with van der Waals surface area (Å²) in [6, 6.07) is 10.8. The molecule has 1 N–H and O–H groups in total. The van der Waals surface area contributed by atoms with Crippen LogP contribution in [0.1, 0.15) is 23.6 Å². The Bertz CT molecular complexity index is 596. The zero-order valence-corrected chi connectivity index (χ0v) is 12.2. The Hall–Kier alpha value is -2.03. The number of ether oxygens (including phenoxy) is 1. The summed E-state index contributed by atoms with van der Waals surface area (Å²) in [6.45, 7) is 7.30. The van der Waals surface area contributed by atoms with E-state index in [4.69, 9.17) is 4.74 Å². The molecule has 20 heavy (non-hydrogen) atoms. The van der Waals surface area contributed by atoms with Gasteiger partial charge in [-0.2, -0.15) is 0 Å². The molecule has 0 aliphatic carbocycles. The van der Waals surface area contributed by atoms with E-state index in [0.29, 0.717) is 18.8 Å². The molecular formula is C17H20FNO. The lowest BCUT2D eigenvalue weighted by Crippen LogP contribution is -2.04. The van der Waals surface area contributed by atoms with E-state index in [1.54, 1.807) is 12.1 Å². The third-order valence-corrected chi connectivity index (χ3v) is 3.28. The standard InChI is InChI=1S/C17H20FNO/c1-4-20-17-10-12(2)14(9-13(17)3)11-19-16-8-6-5-7-15(16)18/h5-10,19H,4,11H2,1-3H3. The average Bonchev–Trinajstić information content (AvgIpc) is 2.43. The molecule has 0 aliphatic rings. The minimum absolute atomic E-state index is 0.229. The van der Waals surface area contributed by atoms with Crippen molar-refractivity contribution in [3.63, 3.8) is 0 Å². The van der Waals surface area contributed by atoms with Gasteiger partial charge >= 0.3 is 0 Å². The van der Waals surface area contributed by atoms with Gasteiger partial charge in [0.05, 0.1) is 12.3 Å². The van der Waals surface area contributed by atoms with Crippen LogP contribution in [0.2, 0.25) is 0 Å². The smallest absolute Gasteiger partial charge is 0.146 e. The molecule has 2 rings (SSSR count). The van der Waals surface area contributed by atoms with Crippen LogP contribution >= 0.6 is 0 Å². The van der Waals surface area contributed by atoms with Crippen LogP contribution in [0.5, 0.6) is 5.75 Å². The van der Waals surface area contributed by atoms with Gasteiger partial charge < -0.3 is 10.1 Å². The molecule has 3 heteroatoms. The second-order valence-corrected chi connectivity index (χ2v) is 4.81. The van der Waals surface area contributed by atoms with Crippen molar-refractivity contribution in [1.82, 2.24) is 0 Å². The molecule has 0 fully saturated rings. The fraction of sp³-hybridized carbons (Fsp3) is 0.294. The maximum Gasteiger partial charge on any atom is 0.146 e. The van der Waals surface area contributed by atoms with Crippen molar-refractivity contribution in [3.8, 4) is 5.75 Å². The fourth-order valence-corrected chi connectivity index (χ4v) is 2.15. The van der Waals surface area contributed by atoms with Crippen LogP contribution in [0, 0.1) is 19.7 Å². The van der Waals surface area contributed by atoms with Crippen molar-refractivity contribution < 1.29 is 9.13 Å². The molecule has 0 saturated carbocycles. The van der Waals surface area contributed by atoms with E-state index < -0.39 is 0 Å². The summed E-state index contributed by atoms with van der Waals surface area (Å²) in [4.78, 5) is 0. The van der Waals surface area contributed by atoms with Crippen LogP contribution in [0.25, 0.3) is 0 Å². The monoisotopic (exact) mass is 273 g/mol. The van der Waals surface area contributed by atoms with E-state index in [1.165, 1.54) is 6.07 Å². The quantitative estimate of drug-likeness (QED) is 0.868. The summed E-state index contributed by atoms with van der Waals surface area (Å²) < 4.78 is 19.1. The Morgan fingerprint density at radius 2 is 1.85 bits per heavy atom. The molecule has 0 saturated heterocycles. The topological polar surface area (TPSA) is 21.3 Å². The first-order chi connectivity index (χ1) is 9.61. The van der Waals surface area contributed by atoms with Crippen molar-refractivity contribution >= 4 is 5.69 Å². The SMILES string of the molecule is CCOc1cc(C)c(CNc2ccccc2F)cc1C. The highest BCUT2D eigenvalue weighted by molar-refractivity contribution is 5.47. The normalized spacial score (nSPS) is 10.4. The van der Waals surface area contributed by atoms with Crippen molar-refractivity contribution in [3.05, 3.63) is 58.9 Å². The van der Waals surface area contributed by atoms with Crippen molar-refractivity contribution in [2.24, 2.45) is 0 Å². The van der Waals surface area contributed by atoms with Gasteiger partial charge in [0, 0.05) is 6.54 Å². The molecule has 0 bridgehead atoms. The second kappa shape index (κ2) is 6.42. The van der Waals surface area contributed by atoms with Gasteiger partial charge in [-0.15, -0.1) is 0 Å². The van der Waals surface area contributed by atoms with Crippen LogP contribution in [-0.4, -0.2) is 6.61 Å². The van der Waals surface area contributed by atoms with Gasteiger partial charge in [0.25, 0.3) is 0 Å². The fourth-order valence-electron chi connectivity index (χ4n) is 2.15. The molecule has 106 valence electrons. The highest BCUT2D eigenvalue weighted by Crippen LogP contribution is 2.24. The van der Waals surface area contributed by atoms with Crippen molar-refractivity contribution in [2.75, 3.05) is 11.9 Å². The zero-order valence-electron chi connectivity index (χ0n) is 12.2. The van der Waals surface area contributed by atoms with Gasteiger partial charge in [-0.25, -0.2) is 4.39 Å². The molecule has 0 aromatic heterocycles. The first kappa shape index (κ1) is 14.4. The molecule has 2 aromatic rings. The minimum atomic E-state index is -0.229. The van der Waals surface area contributed by atoms with E-state index >= 15 is 0 Å². The molecule has 2 aromatic carbocycles. The summed E-state index contributed by atoms with van der Waals surface area (Å²) in [7, 11) is 0. The molecule has 0 atom stereocenters. The highest BCUT2D eigenvalue weighted by atomic mass is 19.1. The molecule has 0 aliphatic heterocycles. The molecule has 2 nitrogen and oxygen atoms in total. The van der Waals surface area contributed by atoms with E-state index in [9.17, 15) is 4.39 Å². The predicted octanol–water partition coefficient (Wildman–Crippen LogP) is 4.45. The first-order valence-corrected chi connectivity index (χ1v) is 6.83. The number of nitrogens with one attached hydrogen (secondary N) is 1. The van der Waals surface area contributed by atoms with Crippen molar-refractivity contribution in [2.45, 2.75) is 27.3 Å². The second-order valence-electron chi connectivity index (χ2n) is 4.81. The number of aryl methyl sites for hydroxylation is 2. The molecule has 0 spiro atoms. The lowest BCUT2D eigenvalue weighted by Gasteiger charge is -2.14. The number of para-hydroxylation sites is 1. The average molecular weight is 273 g/mol. The number of benzene rings is 2. The van der Waals surface area contributed by atoms with Crippen LogP contribution in [0.15, 0.2) is 36.4 Å². The number of hydrogen-bond donors (Lipinski definition) is 1. The van der Waals surface area contributed by atoms with Gasteiger partial charge in [0.15, 0.2) is 0 Å². The van der Waals surface area contributed by atoms with E-state index in [0.717, 1.165) is 22.4 Å². The summed E-state index contributed by atoms with van der Waals surface area (Å²) in [5, 5.41) is 3.13. The maximum atomic E-state index is 13.6. The molecule has 0 unspecified atom stereocenters. The Kier molecular flexibility index (Phi) is 4.61. The van der Waals surface area contributed by atoms with Gasteiger partial charge in [-0.05, 0) is 55.7 Å². The summed E-state index contributed by atoms with van der Waals surface area (Å²) >= 11 is 0. The van der Waals surface area contributed by atoms with Crippen LogP contribution in [0.4, 0.5) is 10.1 Å². The molecule has 0 heterocycles. The molecule has 0 amide bonds. The number of rotatable bonds is 5. The predicted molar refractivity (Wildman–Crippen MR) is 80.8 cm³/mol. The van der Waals surface area contributed by atoms with Crippen molar-refractivity contribution in [1.29, 1.82) is 0 Å². The molecular weight excluding hydrogens is 253 g/mol.